The van der Waals surface area contributed by atoms with Crippen LogP contribution in [0.1, 0.15) is 12.6 Å². The average molecular weight is 324 g/mol. The molecule has 0 spiro atoms. The molecule has 1 fully saturated rings. The van der Waals surface area contributed by atoms with Crippen LogP contribution in [0.25, 0.3) is 11.2 Å². The number of aliphatic hydroxyl groups is 3. The molecule has 0 radical (unpaired) electrons. The first kappa shape index (κ1) is 16.0. The molecule has 2 aromatic heterocycles. The maximum Gasteiger partial charge on any atom is 0.167 e. The molecule has 1 saturated heterocycles. The molecule has 23 heavy (non-hydrogen) atoms. The summed E-state index contributed by atoms with van der Waals surface area (Å²) in [5.41, 5.74) is 1.15. The summed E-state index contributed by atoms with van der Waals surface area (Å²) in [5.74, 6) is 0.548. The fourth-order valence-corrected chi connectivity index (χ4v) is 2.50. The molecule has 0 saturated carbocycles. The van der Waals surface area contributed by atoms with Crippen LogP contribution in [0.4, 0.5) is 5.82 Å². The molecule has 0 aliphatic carbocycles. The molecule has 3 heterocycles. The minimum absolute atomic E-state index is 0.0774. The summed E-state index contributed by atoms with van der Waals surface area (Å²) in [7, 11) is 1.76. The summed E-state index contributed by atoms with van der Waals surface area (Å²) in [5, 5.41) is 31.1. The largest absolute Gasteiger partial charge is 0.394 e. The summed E-state index contributed by atoms with van der Waals surface area (Å²) in [4.78, 5) is 14.4. The Labute approximate surface area is 132 Å². The molecule has 3 rings (SSSR count). The van der Waals surface area contributed by atoms with E-state index in [1.54, 1.807) is 22.8 Å². The Morgan fingerprint density at radius 1 is 1.39 bits per heavy atom. The minimum atomic E-state index is -0.722. The number of fused-ring (bicyclic) bond motifs is 1. The van der Waals surface area contributed by atoms with Gasteiger partial charge in [0.2, 0.25) is 0 Å². The van der Waals surface area contributed by atoms with E-state index in [9.17, 15) is 10.2 Å². The van der Waals surface area contributed by atoms with E-state index in [1.165, 1.54) is 6.33 Å². The maximum atomic E-state index is 9.86. The summed E-state index contributed by atoms with van der Waals surface area (Å²) >= 11 is 0. The lowest BCUT2D eigenvalue weighted by Gasteiger charge is -2.15. The Hall–Kier alpha value is -1.85. The molecule has 0 bridgehead atoms. The van der Waals surface area contributed by atoms with Gasteiger partial charge < -0.3 is 25.4 Å². The van der Waals surface area contributed by atoms with Crippen LogP contribution in [0.5, 0.6) is 0 Å². The van der Waals surface area contributed by atoms with Gasteiger partial charge in [0.25, 0.3) is 0 Å². The average Bonchev–Trinajstić information content (AvgIpc) is 3.15. The van der Waals surface area contributed by atoms with Crippen molar-refractivity contribution in [2.75, 3.05) is 32.4 Å². The molecule has 1 aliphatic rings. The lowest BCUT2D eigenvalue weighted by Crippen LogP contribution is -2.26. The Morgan fingerprint density at radius 3 is 2.91 bits per heavy atom. The fraction of sp³-hybridized carbons (Fsp3) is 0.615. The first-order valence-electron chi connectivity index (χ1n) is 7.29. The molecule has 4 N–H and O–H groups in total. The molecule has 0 aromatic carbocycles. The predicted molar refractivity (Wildman–Crippen MR) is 80.3 cm³/mol. The highest BCUT2D eigenvalue weighted by Crippen LogP contribution is 2.31. The van der Waals surface area contributed by atoms with Gasteiger partial charge in [-0.2, -0.15) is 0 Å². The van der Waals surface area contributed by atoms with Crippen molar-refractivity contribution in [3.05, 3.63) is 12.7 Å². The molecule has 3 atom stereocenters. The van der Waals surface area contributed by atoms with Gasteiger partial charge in [0.15, 0.2) is 17.0 Å². The molecule has 10 nitrogen and oxygen atoms in total. The number of ether oxygens (including phenoxy) is 1. The van der Waals surface area contributed by atoms with Crippen molar-refractivity contribution >= 4 is 17.0 Å². The molecule has 1 aliphatic heterocycles. The maximum absolute atomic E-state index is 9.86. The number of hydrogen-bond acceptors (Lipinski definition) is 9. The summed E-state index contributed by atoms with van der Waals surface area (Å²) in [6.45, 7) is 0.0896. The van der Waals surface area contributed by atoms with Crippen molar-refractivity contribution < 1.29 is 20.1 Å². The van der Waals surface area contributed by atoms with E-state index in [2.05, 4.69) is 20.3 Å². The van der Waals surface area contributed by atoms with E-state index in [-0.39, 0.29) is 13.3 Å². The van der Waals surface area contributed by atoms with Crippen molar-refractivity contribution in [1.29, 1.82) is 0 Å². The Kier molecular flexibility index (Phi) is 4.68. The van der Waals surface area contributed by atoms with E-state index < -0.39 is 18.4 Å². The number of imidazole rings is 1. The zero-order valence-electron chi connectivity index (χ0n) is 12.7. The first-order chi connectivity index (χ1) is 11.1. The van der Waals surface area contributed by atoms with Gasteiger partial charge in [0.05, 0.1) is 32.4 Å². The van der Waals surface area contributed by atoms with Crippen LogP contribution in [0.3, 0.4) is 0 Å². The van der Waals surface area contributed by atoms with Crippen LogP contribution in [-0.2, 0) is 4.74 Å². The summed E-state index contributed by atoms with van der Waals surface area (Å²) < 4.78 is 7.35. The van der Waals surface area contributed by atoms with E-state index in [0.717, 1.165) is 0 Å². The molecule has 0 amide bonds. The second kappa shape index (κ2) is 6.72. The van der Waals surface area contributed by atoms with Gasteiger partial charge in [-0.1, -0.05) is 0 Å². The third-order valence-corrected chi connectivity index (χ3v) is 3.81. The van der Waals surface area contributed by atoms with Crippen LogP contribution >= 0.6 is 0 Å². The number of aliphatic hydroxyl groups excluding tert-OH is 3. The second-order valence-electron chi connectivity index (χ2n) is 5.49. The summed E-state index contributed by atoms with van der Waals surface area (Å²) in [6.07, 6.45) is 1.59. The third-order valence-electron chi connectivity index (χ3n) is 3.81. The van der Waals surface area contributed by atoms with Crippen LogP contribution in [0.2, 0.25) is 0 Å². The minimum Gasteiger partial charge on any atom is -0.394 e. The number of nitrogens with one attached hydrogen (secondary N) is 1. The van der Waals surface area contributed by atoms with Crippen LogP contribution < -0.4 is 5.32 Å². The predicted octanol–water partition coefficient (Wildman–Crippen LogP) is -1.28. The second-order valence-corrected chi connectivity index (χ2v) is 5.49. The third kappa shape index (κ3) is 3.12. The van der Waals surface area contributed by atoms with Gasteiger partial charge >= 0.3 is 0 Å². The Morgan fingerprint density at radius 2 is 2.22 bits per heavy atom. The highest BCUT2D eigenvalue weighted by atomic mass is 16.5. The lowest BCUT2D eigenvalue weighted by atomic mass is 10.2. The van der Waals surface area contributed by atoms with Crippen LogP contribution in [0.15, 0.2) is 12.7 Å². The normalized spacial score (nSPS) is 24.7. The van der Waals surface area contributed by atoms with Gasteiger partial charge in [-0.3, -0.25) is 9.47 Å². The first-order valence-corrected chi connectivity index (χ1v) is 7.29. The molecular formula is C13H20N6O4. The van der Waals surface area contributed by atoms with E-state index >= 15 is 0 Å². The lowest BCUT2D eigenvalue weighted by molar-refractivity contribution is -0.0432. The van der Waals surface area contributed by atoms with Crippen molar-refractivity contribution in [2.24, 2.45) is 0 Å². The van der Waals surface area contributed by atoms with E-state index in [4.69, 9.17) is 9.84 Å². The molecule has 10 heteroatoms. The fourth-order valence-electron chi connectivity index (χ4n) is 2.50. The smallest absolute Gasteiger partial charge is 0.167 e. The van der Waals surface area contributed by atoms with Crippen molar-refractivity contribution in [3.63, 3.8) is 0 Å². The van der Waals surface area contributed by atoms with Gasteiger partial charge in [0, 0.05) is 6.42 Å². The molecule has 2 aromatic rings. The van der Waals surface area contributed by atoms with Gasteiger partial charge in [0.1, 0.15) is 18.7 Å². The zero-order chi connectivity index (χ0) is 16.4. The molecular weight excluding hydrogens is 304 g/mol. The SMILES string of the molecule is CN(CO)CNc1ncnc2c1ncn2[C@H]1C[C@H](O)[C@@H](CO)O1. The standard InChI is InChI=1S/C13H20N6O4/c1-18(7-21)5-17-12-11-13(15-4-14-12)19(6-16-11)10-2-8(22)9(3-20)23-10/h4,6,8-10,20-22H,2-3,5,7H2,1H3,(H,14,15,17)/t8-,9+,10+/m0/s1. The van der Waals surface area contributed by atoms with E-state index in [1.807, 2.05) is 0 Å². The number of aromatic nitrogens is 4. The monoisotopic (exact) mass is 324 g/mol. The van der Waals surface area contributed by atoms with Crippen molar-refractivity contribution in [2.45, 2.75) is 24.9 Å². The molecule has 126 valence electrons. The van der Waals surface area contributed by atoms with Crippen molar-refractivity contribution in [1.82, 2.24) is 24.4 Å². The molecule has 0 unspecified atom stereocenters. The Balaban J connectivity index is 1.84. The van der Waals surface area contributed by atoms with Gasteiger partial charge in [-0.15, -0.1) is 0 Å². The number of rotatable bonds is 6. The number of anilines is 1. The topological polar surface area (TPSA) is 129 Å². The number of hydrogen-bond donors (Lipinski definition) is 4. The van der Waals surface area contributed by atoms with E-state index in [0.29, 0.717) is 30.1 Å². The van der Waals surface area contributed by atoms with Crippen LogP contribution in [-0.4, -0.2) is 79.0 Å². The van der Waals surface area contributed by atoms with Crippen molar-refractivity contribution in [3.8, 4) is 0 Å². The quantitative estimate of drug-likeness (QED) is 0.480. The number of nitrogens with zero attached hydrogens (tertiary/aromatic N) is 5. The Bertz CT molecular complexity index is 665. The highest BCUT2D eigenvalue weighted by Gasteiger charge is 2.35. The highest BCUT2D eigenvalue weighted by molar-refractivity contribution is 5.82. The zero-order valence-corrected chi connectivity index (χ0v) is 12.7. The van der Waals surface area contributed by atoms with Gasteiger partial charge in [-0.05, 0) is 7.05 Å². The van der Waals surface area contributed by atoms with Gasteiger partial charge in [-0.25, -0.2) is 15.0 Å². The van der Waals surface area contributed by atoms with Crippen LogP contribution in [0, 0.1) is 0 Å². The summed E-state index contributed by atoms with van der Waals surface area (Å²) in [6, 6.07) is 0.